The van der Waals surface area contributed by atoms with E-state index in [4.69, 9.17) is 0 Å². The van der Waals surface area contributed by atoms with E-state index in [1.807, 2.05) is 12.2 Å². The highest BCUT2D eigenvalue weighted by molar-refractivity contribution is 6.05. The highest BCUT2D eigenvalue weighted by atomic mass is 16.4. The molecule has 0 aromatic rings. The lowest BCUT2D eigenvalue weighted by Gasteiger charge is -2.39. The van der Waals surface area contributed by atoms with Crippen LogP contribution in [-0.4, -0.2) is 34.3 Å². The molecule has 0 spiro atoms. The normalized spacial score (nSPS) is 32.1. The van der Waals surface area contributed by atoms with Gasteiger partial charge in [0.1, 0.15) is 0 Å². The molecule has 1 saturated carbocycles. The number of likely N-dealkylation sites (tertiary alicyclic amines) is 1. The standard InChI is InChI=1S/C14H17NO4/c16-11-9-4-1-2-5-10(9)12(17)15(11)8-14(13(18)19)6-3-7-14/h1-2,9-10H,3-8H2,(H,18,19). The number of fused-ring (bicyclic) bond motifs is 1. The minimum absolute atomic E-state index is 0.0625. The molecule has 3 aliphatic rings. The lowest BCUT2D eigenvalue weighted by molar-refractivity contribution is -0.159. The van der Waals surface area contributed by atoms with E-state index >= 15 is 0 Å². The van der Waals surface area contributed by atoms with Gasteiger partial charge in [-0.3, -0.25) is 19.3 Å². The number of aliphatic carboxylic acids is 1. The summed E-state index contributed by atoms with van der Waals surface area (Å²) in [5.74, 6) is -1.75. The van der Waals surface area contributed by atoms with Crippen molar-refractivity contribution in [1.29, 1.82) is 0 Å². The van der Waals surface area contributed by atoms with Crippen LogP contribution in [0.3, 0.4) is 0 Å². The molecule has 0 aromatic heterocycles. The van der Waals surface area contributed by atoms with Gasteiger partial charge in [0.25, 0.3) is 0 Å². The predicted molar refractivity (Wildman–Crippen MR) is 66.0 cm³/mol. The summed E-state index contributed by atoms with van der Waals surface area (Å²) in [7, 11) is 0. The van der Waals surface area contributed by atoms with Gasteiger partial charge in [-0.1, -0.05) is 18.6 Å². The Bertz CT molecular complexity index is 452. The summed E-state index contributed by atoms with van der Waals surface area (Å²) in [4.78, 5) is 37.1. The van der Waals surface area contributed by atoms with Crippen molar-refractivity contribution in [2.45, 2.75) is 32.1 Å². The molecule has 2 amide bonds. The average Bonchev–Trinajstić information content (AvgIpc) is 2.58. The molecule has 1 N–H and O–H groups in total. The largest absolute Gasteiger partial charge is 0.481 e. The Balaban J connectivity index is 1.80. The van der Waals surface area contributed by atoms with Gasteiger partial charge >= 0.3 is 5.97 Å². The first kappa shape index (κ1) is 12.4. The Hall–Kier alpha value is -1.65. The summed E-state index contributed by atoms with van der Waals surface area (Å²) in [6.07, 6.45) is 7.06. The summed E-state index contributed by atoms with van der Waals surface area (Å²) in [5.41, 5.74) is -0.883. The summed E-state index contributed by atoms with van der Waals surface area (Å²) < 4.78 is 0. The summed E-state index contributed by atoms with van der Waals surface area (Å²) in [6, 6.07) is 0. The van der Waals surface area contributed by atoms with Gasteiger partial charge in [0, 0.05) is 6.54 Å². The van der Waals surface area contributed by atoms with Crippen molar-refractivity contribution in [2.75, 3.05) is 6.54 Å². The maximum atomic E-state index is 12.3. The number of carbonyl (C=O) groups excluding carboxylic acids is 2. The van der Waals surface area contributed by atoms with E-state index in [1.54, 1.807) is 0 Å². The Labute approximate surface area is 111 Å². The molecule has 1 heterocycles. The van der Waals surface area contributed by atoms with Crippen LogP contribution in [0.15, 0.2) is 12.2 Å². The average molecular weight is 263 g/mol. The summed E-state index contributed by atoms with van der Waals surface area (Å²) in [5, 5.41) is 9.31. The maximum Gasteiger partial charge on any atom is 0.311 e. The second-order valence-electron chi connectivity index (χ2n) is 5.86. The van der Waals surface area contributed by atoms with Crippen LogP contribution < -0.4 is 0 Å². The van der Waals surface area contributed by atoms with Gasteiger partial charge in [0.15, 0.2) is 0 Å². The molecule has 0 bridgehead atoms. The lowest BCUT2D eigenvalue weighted by atomic mass is 9.68. The van der Waals surface area contributed by atoms with Gasteiger partial charge in [0.05, 0.1) is 17.3 Å². The second kappa shape index (κ2) is 4.18. The van der Waals surface area contributed by atoms with Crippen LogP contribution in [0.5, 0.6) is 0 Å². The van der Waals surface area contributed by atoms with Crippen molar-refractivity contribution in [3.05, 3.63) is 12.2 Å². The Morgan fingerprint density at radius 1 is 1.21 bits per heavy atom. The van der Waals surface area contributed by atoms with Crippen LogP contribution in [0.25, 0.3) is 0 Å². The molecule has 19 heavy (non-hydrogen) atoms. The predicted octanol–water partition coefficient (Wildman–Crippen LogP) is 1.19. The molecule has 2 fully saturated rings. The first-order valence-electron chi connectivity index (χ1n) is 6.79. The molecule has 102 valence electrons. The topological polar surface area (TPSA) is 74.7 Å². The van der Waals surface area contributed by atoms with Gasteiger partial charge in [-0.05, 0) is 25.7 Å². The fourth-order valence-electron chi connectivity index (χ4n) is 3.37. The first-order chi connectivity index (χ1) is 9.05. The lowest BCUT2D eigenvalue weighted by Crippen LogP contribution is -2.49. The van der Waals surface area contributed by atoms with E-state index in [2.05, 4.69) is 0 Å². The molecule has 2 atom stereocenters. The van der Waals surface area contributed by atoms with Crippen molar-refractivity contribution < 1.29 is 19.5 Å². The van der Waals surface area contributed by atoms with Crippen molar-refractivity contribution in [1.82, 2.24) is 4.90 Å². The fourth-order valence-corrected chi connectivity index (χ4v) is 3.37. The SMILES string of the molecule is O=C1C2CC=CCC2C(=O)N1CC1(C(=O)O)CCC1. The molecule has 0 radical (unpaired) electrons. The molecular formula is C14H17NO4. The van der Waals surface area contributed by atoms with Gasteiger partial charge in [0.2, 0.25) is 11.8 Å². The van der Waals surface area contributed by atoms with Crippen LogP contribution >= 0.6 is 0 Å². The monoisotopic (exact) mass is 263 g/mol. The van der Waals surface area contributed by atoms with E-state index in [0.29, 0.717) is 25.7 Å². The number of nitrogens with zero attached hydrogens (tertiary/aromatic N) is 1. The van der Waals surface area contributed by atoms with Crippen molar-refractivity contribution >= 4 is 17.8 Å². The maximum absolute atomic E-state index is 12.3. The zero-order valence-electron chi connectivity index (χ0n) is 10.7. The number of carboxylic acid groups (broad SMARTS) is 1. The van der Waals surface area contributed by atoms with Crippen LogP contribution in [0.1, 0.15) is 32.1 Å². The number of imide groups is 1. The highest BCUT2D eigenvalue weighted by Gasteiger charge is 2.53. The van der Waals surface area contributed by atoms with E-state index in [1.165, 1.54) is 4.90 Å². The van der Waals surface area contributed by atoms with E-state index in [-0.39, 0.29) is 30.2 Å². The quantitative estimate of drug-likeness (QED) is 0.613. The number of rotatable bonds is 3. The fraction of sp³-hybridized carbons (Fsp3) is 0.643. The van der Waals surface area contributed by atoms with Crippen molar-refractivity contribution in [2.24, 2.45) is 17.3 Å². The number of carbonyl (C=O) groups is 3. The van der Waals surface area contributed by atoms with Gasteiger partial charge in [-0.2, -0.15) is 0 Å². The Morgan fingerprint density at radius 3 is 2.11 bits per heavy atom. The molecule has 2 aliphatic carbocycles. The minimum atomic E-state index is -0.883. The molecule has 1 saturated heterocycles. The Kier molecular flexibility index (Phi) is 2.73. The molecule has 3 rings (SSSR count). The highest BCUT2D eigenvalue weighted by Crippen LogP contribution is 2.44. The summed E-state index contributed by atoms with van der Waals surface area (Å²) in [6.45, 7) is 0.0625. The number of amides is 2. The van der Waals surface area contributed by atoms with Crippen molar-refractivity contribution in [3.63, 3.8) is 0 Å². The summed E-state index contributed by atoms with van der Waals surface area (Å²) >= 11 is 0. The number of hydrogen-bond donors (Lipinski definition) is 1. The number of allylic oxidation sites excluding steroid dienone is 2. The zero-order chi connectivity index (χ0) is 13.6. The third-order valence-electron chi connectivity index (χ3n) is 4.82. The Morgan fingerprint density at radius 2 is 1.74 bits per heavy atom. The van der Waals surface area contributed by atoms with E-state index in [0.717, 1.165) is 6.42 Å². The zero-order valence-corrected chi connectivity index (χ0v) is 10.7. The van der Waals surface area contributed by atoms with Crippen LogP contribution in [0.2, 0.25) is 0 Å². The van der Waals surface area contributed by atoms with Crippen LogP contribution in [-0.2, 0) is 14.4 Å². The second-order valence-corrected chi connectivity index (χ2v) is 5.86. The van der Waals surface area contributed by atoms with E-state index in [9.17, 15) is 19.5 Å². The number of hydrogen-bond acceptors (Lipinski definition) is 3. The molecule has 0 aromatic carbocycles. The van der Waals surface area contributed by atoms with Gasteiger partial charge in [-0.15, -0.1) is 0 Å². The minimum Gasteiger partial charge on any atom is -0.481 e. The number of carboxylic acids is 1. The molecular weight excluding hydrogens is 246 g/mol. The molecule has 1 aliphatic heterocycles. The van der Waals surface area contributed by atoms with Crippen LogP contribution in [0, 0.1) is 17.3 Å². The van der Waals surface area contributed by atoms with Crippen molar-refractivity contribution in [3.8, 4) is 0 Å². The van der Waals surface area contributed by atoms with Crippen LogP contribution in [0.4, 0.5) is 0 Å². The molecule has 2 unspecified atom stereocenters. The molecule has 5 nitrogen and oxygen atoms in total. The van der Waals surface area contributed by atoms with Gasteiger partial charge < -0.3 is 5.11 Å². The first-order valence-corrected chi connectivity index (χ1v) is 6.79. The molecule has 5 heteroatoms. The van der Waals surface area contributed by atoms with Gasteiger partial charge in [-0.25, -0.2) is 0 Å². The third-order valence-corrected chi connectivity index (χ3v) is 4.82. The van der Waals surface area contributed by atoms with E-state index < -0.39 is 11.4 Å². The smallest absolute Gasteiger partial charge is 0.311 e. The third kappa shape index (κ3) is 1.71.